The van der Waals surface area contributed by atoms with Crippen LogP contribution in [0.25, 0.3) is 0 Å². The number of fused-ring (bicyclic) bond motifs is 1. The predicted octanol–water partition coefficient (Wildman–Crippen LogP) is 1.41. The van der Waals surface area contributed by atoms with Gasteiger partial charge in [-0.2, -0.15) is 0 Å². The van der Waals surface area contributed by atoms with Crippen LogP contribution in [0, 0.1) is 5.82 Å². The van der Waals surface area contributed by atoms with E-state index in [0.29, 0.717) is 13.2 Å². The predicted molar refractivity (Wildman–Crippen MR) is 91.5 cm³/mol. The maximum absolute atomic E-state index is 13.3. The minimum atomic E-state index is -3.04. The zero-order valence-electron chi connectivity index (χ0n) is 13.6. The van der Waals surface area contributed by atoms with E-state index in [1.807, 2.05) is 0 Å². The summed E-state index contributed by atoms with van der Waals surface area (Å²) in [6.45, 7) is 3.49. The van der Waals surface area contributed by atoms with Gasteiger partial charge in [-0.05, 0) is 17.7 Å². The first kappa shape index (κ1) is 18.1. The quantitative estimate of drug-likeness (QED) is 0.777. The molecule has 0 amide bonds. The molecule has 0 saturated carbocycles. The smallest absolute Gasteiger partial charge is 0.153 e. The third kappa shape index (κ3) is 3.91. The van der Waals surface area contributed by atoms with Gasteiger partial charge in [-0.3, -0.25) is 9.80 Å². The summed E-state index contributed by atoms with van der Waals surface area (Å²) in [4.78, 5) is 4.40. The van der Waals surface area contributed by atoms with Gasteiger partial charge in [-0.15, -0.1) is 0 Å². The van der Waals surface area contributed by atoms with Crippen LogP contribution in [0.5, 0.6) is 0 Å². The van der Waals surface area contributed by atoms with Gasteiger partial charge in [0, 0.05) is 45.4 Å². The molecule has 1 aromatic carbocycles. The Bertz CT molecular complexity index is 701. The van der Waals surface area contributed by atoms with Gasteiger partial charge < -0.3 is 4.74 Å². The number of hydrogen-bond acceptors (Lipinski definition) is 5. The first-order valence-electron chi connectivity index (χ1n) is 8.01. The zero-order valence-corrected chi connectivity index (χ0v) is 15.2. The molecule has 0 radical (unpaired) electrons. The Morgan fingerprint density at radius 2 is 1.92 bits per heavy atom. The van der Waals surface area contributed by atoms with Crippen LogP contribution < -0.4 is 0 Å². The average molecular weight is 377 g/mol. The topological polar surface area (TPSA) is 49.9 Å². The van der Waals surface area contributed by atoms with Crippen molar-refractivity contribution in [1.82, 2.24) is 9.80 Å². The molecule has 2 atom stereocenters. The van der Waals surface area contributed by atoms with E-state index in [2.05, 4.69) is 9.80 Å². The summed E-state index contributed by atoms with van der Waals surface area (Å²) in [5.41, 5.74) is 0.898. The molecule has 2 fully saturated rings. The van der Waals surface area contributed by atoms with Gasteiger partial charge in [-0.25, -0.2) is 12.8 Å². The number of benzene rings is 1. The number of sulfone groups is 1. The number of hydrogen-bond donors (Lipinski definition) is 0. The highest BCUT2D eigenvalue weighted by Gasteiger charge is 2.46. The van der Waals surface area contributed by atoms with Crippen molar-refractivity contribution < 1.29 is 17.5 Å². The second-order valence-electron chi connectivity index (χ2n) is 6.46. The molecule has 3 rings (SSSR count). The van der Waals surface area contributed by atoms with E-state index in [4.69, 9.17) is 16.3 Å². The fraction of sp³-hybridized carbons (Fsp3) is 0.625. The molecule has 1 aromatic rings. The van der Waals surface area contributed by atoms with E-state index >= 15 is 0 Å². The highest BCUT2D eigenvalue weighted by molar-refractivity contribution is 7.91. The monoisotopic (exact) mass is 376 g/mol. The summed E-state index contributed by atoms with van der Waals surface area (Å²) in [6.07, 6.45) is 0. The normalized spacial score (nSPS) is 27.3. The fourth-order valence-electron chi connectivity index (χ4n) is 3.65. The van der Waals surface area contributed by atoms with Crippen molar-refractivity contribution in [2.24, 2.45) is 0 Å². The molecule has 2 heterocycles. The van der Waals surface area contributed by atoms with Crippen LogP contribution in [0.1, 0.15) is 5.56 Å². The lowest BCUT2D eigenvalue weighted by molar-refractivity contribution is 0.0253. The Kier molecular flexibility index (Phi) is 5.46. The van der Waals surface area contributed by atoms with Gasteiger partial charge in [-0.1, -0.05) is 17.7 Å². The average Bonchev–Trinajstić information content (AvgIpc) is 2.86. The second-order valence-corrected chi connectivity index (χ2v) is 9.02. The minimum Gasteiger partial charge on any atom is -0.383 e. The van der Waals surface area contributed by atoms with Crippen molar-refractivity contribution in [3.05, 3.63) is 34.6 Å². The van der Waals surface area contributed by atoms with E-state index in [-0.39, 0.29) is 28.6 Å². The van der Waals surface area contributed by atoms with Crippen molar-refractivity contribution >= 4 is 21.4 Å². The van der Waals surface area contributed by atoms with Gasteiger partial charge in [0.05, 0.1) is 23.1 Å². The molecule has 24 heavy (non-hydrogen) atoms. The summed E-state index contributed by atoms with van der Waals surface area (Å²) in [6, 6.07) is 4.64. The summed E-state index contributed by atoms with van der Waals surface area (Å²) < 4.78 is 42.8. The fourth-order valence-corrected chi connectivity index (χ4v) is 5.90. The van der Waals surface area contributed by atoms with Crippen molar-refractivity contribution in [1.29, 1.82) is 0 Å². The third-order valence-electron chi connectivity index (χ3n) is 4.86. The molecule has 0 N–H and O–H groups in total. The molecule has 0 unspecified atom stereocenters. The number of nitrogens with zero attached hydrogens (tertiary/aromatic N) is 2. The van der Waals surface area contributed by atoms with Crippen LogP contribution in [0.15, 0.2) is 18.2 Å². The van der Waals surface area contributed by atoms with Crippen molar-refractivity contribution in [3.8, 4) is 0 Å². The number of methoxy groups -OCH3 is 1. The maximum Gasteiger partial charge on any atom is 0.153 e. The van der Waals surface area contributed by atoms with Crippen LogP contribution in [0.3, 0.4) is 0 Å². The van der Waals surface area contributed by atoms with Gasteiger partial charge >= 0.3 is 0 Å². The molecular weight excluding hydrogens is 355 g/mol. The van der Waals surface area contributed by atoms with Crippen molar-refractivity contribution in [2.45, 2.75) is 18.6 Å². The van der Waals surface area contributed by atoms with Crippen LogP contribution in [-0.4, -0.2) is 75.2 Å². The van der Waals surface area contributed by atoms with E-state index in [1.54, 1.807) is 19.2 Å². The minimum absolute atomic E-state index is 0.00480. The number of halogens is 2. The van der Waals surface area contributed by atoms with E-state index in [9.17, 15) is 12.8 Å². The summed E-state index contributed by atoms with van der Waals surface area (Å²) in [5, 5.41) is 0.0989. The Balaban J connectivity index is 1.76. The Morgan fingerprint density at radius 3 is 2.58 bits per heavy atom. The van der Waals surface area contributed by atoms with Gasteiger partial charge in [0.2, 0.25) is 0 Å². The first-order chi connectivity index (χ1) is 11.4. The van der Waals surface area contributed by atoms with Crippen LogP contribution >= 0.6 is 11.6 Å². The van der Waals surface area contributed by atoms with E-state index in [0.717, 1.165) is 25.2 Å². The van der Waals surface area contributed by atoms with Crippen LogP contribution in [-0.2, 0) is 21.1 Å². The van der Waals surface area contributed by atoms with Gasteiger partial charge in [0.25, 0.3) is 0 Å². The molecule has 0 aliphatic carbocycles. The largest absolute Gasteiger partial charge is 0.383 e. The number of rotatable bonds is 5. The zero-order chi connectivity index (χ0) is 17.3. The molecule has 5 nitrogen and oxygen atoms in total. The summed E-state index contributed by atoms with van der Waals surface area (Å²) in [7, 11) is -1.39. The van der Waals surface area contributed by atoms with Gasteiger partial charge in [0.15, 0.2) is 9.84 Å². The molecule has 0 bridgehead atoms. The second kappa shape index (κ2) is 7.25. The maximum atomic E-state index is 13.3. The standard InChI is InChI=1S/C16H22ClFN2O3S/c1-23-7-6-19-4-5-20(16-11-24(21,22)10-15(16)19)9-12-2-3-14(18)13(17)8-12/h2-3,8,15-16H,4-7,9-11H2,1H3/t15-,16+/m1/s1. The number of ether oxygens (including phenoxy) is 1. The summed E-state index contributed by atoms with van der Waals surface area (Å²) in [5.74, 6) is -0.0656. The SMILES string of the molecule is COCCN1CCN(Cc2ccc(F)c(Cl)c2)[C@H]2CS(=O)(=O)C[C@H]21. The lowest BCUT2D eigenvalue weighted by Crippen LogP contribution is -2.59. The summed E-state index contributed by atoms with van der Waals surface area (Å²) >= 11 is 5.86. The van der Waals surface area contributed by atoms with Crippen LogP contribution in [0.4, 0.5) is 4.39 Å². The van der Waals surface area contributed by atoms with Crippen molar-refractivity contribution in [2.75, 3.05) is 44.9 Å². The molecule has 8 heteroatoms. The molecule has 0 spiro atoms. The van der Waals surface area contributed by atoms with Crippen molar-refractivity contribution in [3.63, 3.8) is 0 Å². The highest BCUT2D eigenvalue weighted by Crippen LogP contribution is 2.28. The Hall–Kier alpha value is -0.730. The van der Waals surface area contributed by atoms with E-state index < -0.39 is 15.7 Å². The lowest BCUT2D eigenvalue weighted by atomic mass is 10.0. The molecule has 2 aliphatic rings. The molecule has 0 aromatic heterocycles. The number of piperazine rings is 1. The lowest BCUT2D eigenvalue weighted by Gasteiger charge is -2.44. The van der Waals surface area contributed by atoms with Gasteiger partial charge in [0.1, 0.15) is 5.82 Å². The molecule has 134 valence electrons. The highest BCUT2D eigenvalue weighted by atomic mass is 35.5. The van der Waals surface area contributed by atoms with E-state index in [1.165, 1.54) is 6.07 Å². The Labute approximate surface area is 147 Å². The third-order valence-corrected chi connectivity index (χ3v) is 6.85. The molecule has 2 aliphatic heterocycles. The first-order valence-corrected chi connectivity index (χ1v) is 10.2. The Morgan fingerprint density at radius 1 is 1.25 bits per heavy atom. The molecule has 2 saturated heterocycles. The van der Waals surface area contributed by atoms with Crippen LogP contribution in [0.2, 0.25) is 5.02 Å². The molecular formula is C16H22ClFN2O3S.